The Labute approximate surface area is 249 Å². The molecule has 7 rings (SSSR count). The Kier molecular flexibility index (Phi) is 6.74. The first-order valence-corrected chi connectivity index (χ1v) is 15.4. The van der Waals surface area contributed by atoms with Crippen LogP contribution in [0.15, 0.2) is 128 Å². The van der Waals surface area contributed by atoms with Gasteiger partial charge in [-0.25, -0.2) is 4.57 Å². The minimum Gasteiger partial charge on any atom is -0.225 e. The molecule has 0 saturated heterocycles. The first kappa shape index (κ1) is 26.4. The quantitative estimate of drug-likeness (QED) is 0.178. The van der Waals surface area contributed by atoms with Crippen LogP contribution in [0.25, 0.3) is 39.4 Å². The number of benzene rings is 4. The fourth-order valence-electron chi connectivity index (χ4n) is 7.76. The molecular weight excluding hydrogens is 510 g/mol. The Balaban J connectivity index is 1.35. The molecule has 1 aliphatic heterocycles. The molecule has 1 unspecified atom stereocenters. The van der Waals surface area contributed by atoms with Crippen molar-refractivity contribution in [3.63, 3.8) is 0 Å². The van der Waals surface area contributed by atoms with Gasteiger partial charge in [0.05, 0.1) is 23.6 Å². The highest BCUT2D eigenvalue weighted by Crippen LogP contribution is 2.48. The molecule has 0 bridgehead atoms. The molecule has 4 aromatic carbocycles. The summed E-state index contributed by atoms with van der Waals surface area (Å²) in [5.41, 5.74) is 10.7. The van der Waals surface area contributed by atoms with Crippen LogP contribution < -0.4 is 9.13 Å². The molecule has 0 radical (unpaired) electrons. The van der Waals surface area contributed by atoms with Crippen molar-refractivity contribution in [3.8, 4) is 28.3 Å². The summed E-state index contributed by atoms with van der Waals surface area (Å²) in [6.07, 6.45) is 6.62. The summed E-state index contributed by atoms with van der Waals surface area (Å²) in [6.45, 7) is 4.77. The summed E-state index contributed by atoms with van der Waals surface area (Å²) in [5, 5.41) is 0. The second-order valence-corrected chi connectivity index (χ2v) is 11.7. The lowest BCUT2D eigenvalue weighted by atomic mass is 9.65. The first-order valence-electron chi connectivity index (χ1n) is 15.4. The van der Waals surface area contributed by atoms with E-state index in [0.717, 1.165) is 25.7 Å². The number of aromatic nitrogens is 3. The maximum absolute atomic E-state index is 2.58. The van der Waals surface area contributed by atoms with E-state index in [1.165, 1.54) is 50.5 Å². The summed E-state index contributed by atoms with van der Waals surface area (Å²) < 4.78 is 7.38. The highest BCUT2D eigenvalue weighted by atomic mass is 15.2. The summed E-state index contributed by atoms with van der Waals surface area (Å²) in [4.78, 5) is 0. The topological polar surface area (TPSA) is 12.7 Å². The number of pyridine rings is 1. The van der Waals surface area contributed by atoms with Gasteiger partial charge in [0.15, 0.2) is 23.3 Å². The SMILES string of the molecule is CCC1(CC)c2ccccc2-c2cccc[n+]2C1CCc1ccccc1-c1n(-c2ccccc2)c2ccccc2[n+]1C. The van der Waals surface area contributed by atoms with Gasteiger partial charge in [-0.15, -0.1) is 0 Å². The van der Waals surface area contributed by atoms with Gasteiger partial charge in [0.2, 0.25) is 5.69 Å². The lowest BCUT2D eigenvalue weighted by molar-refractivity contribution is -0.725. The Morgan fingerprint density at radius 2 is 1.36 bits per heavy atom. The normalized spacial score (nSPS) is 15.4. The monoisotopic (exact) mass is 549 g/mol. The number of fused-ring (bicyclic) bond motifs is 4. The fraction of sp³-hybridized carbons (Fsp3) is 0.231. The van der Waals surface area contributed by atoms with Gasteiger partial charge in [0.25, 0.3) is 5.82 Å². The zero-order valence-electron chi connectivity index (χ0n) is 24.9. The van der Waals surface area contributed by atoms with Crippen molar-refractivity contribution in [3.05, 3.63) is 139 Å². The second-order valence-electron chi connectivity index (χ2n) is 11.7. The number of hydrogen-bond acceptors (Lipinski definition) is 0. The van der Waals surface area contributed by atoms with Gasteiger partial charge in [-0.1, -0.05) is 80.6 Å². The van der Waals surface area contributed by atoms with Crippen molar-refractivity contribution < 1.29 is 9.13 Å². The van der Waals surface area contributed by atoms with Crippen LogP contribution in [0.4, 0.5) is 0 Å². The number of para-hydroxylation sites is 3. The molecule has 3 nitrogen and oxygen atoms in total. The summed E-state index contributed by atoms with van der Waals surface area (Å²) in [7, 11) is 2.21. The van der Waals surface area contributed by atoms with Crippen molar-refractivity contribution >= 4 is 11.0 Å². The van der Waals surface area contributed by atoms with Crippen molar-refractivity contribution in [1.82, 2.24) is 4.57 Å². The van der Waals surface area contributed by atoms with Gasteiger partial charge < -0.3 is 0 Å². The predicted octanol–water partition coefficient (Wildman–Crippen LogP) is 8.32. The molecule has 1 atom stereocenters. The molecule has 2 aromatic heterocycles. The summed E-state index contributed by atoms with van der Waals surface area (Å²) >= 11 is 0. The lowest BCUT2D eigenvalue weighted by Gasteiger charge is -2.41. The van der Waals surface area contributed by atoms with Gasteiger partial charge in [-0.3, -0.25) is 0 Å². The van der Waals surface area contributed by atoms with Crippen molar-refractivity contribution in [2.75, 3.05) is 0 Å². The molecule has 0 spiro atoms. The third-order valence-electron chi connectivity index (χ3n) is 9.84. The molecule has 3 heterocycles. The van der Waals surface area contributed by atoms with Gasteiger partial charge in [-0.05, 0) is 72.9 Å². The maximum Gasteiger partial charge on any atom is 0.295 e. The van der Waals surface area contributed by atoms with Crippen LogP contribution in [-0.2, 0) is 18.9 Å². The lowest BCUT2D eigenvalue weighted by Crippen LogP contribution is -2.55. The maximum atomic E-state index is 2.58. The molecule has 1 aliphatic rings. The summed E-state index contributed by atoms with van der Waals surface area (Å²) in [5.74, 6) is 1.22. The average molecular weight is 550 g/mol. The number of rotatable bonds is 7. The third kappa shape index (κ3) is 4.02. The van der Waals surface area contributed by atoms with Crippen LogP contribution in [-0.4, -0.2) is 4.57 Å². The molecule has 208 valence electrons. The van der Waals surface area contributed by atoms with Crippen molar-refractivity contribution in [1.29, 1.82) is 0 Å². The molecule has 42 heavy (non-hydrogen) atoms. The third-order valence-corrected chi connectivity index (χ3v) is 9.84. The van der Waals surface area contributed by atoms with Gasteiger partial charge in [0.1, 0.15) is 5.69 Å². The number of aryl methyl sites for hydroxylation is 2. The van der Waals surface area contributed by atoms with E-state index in [2.05, 4.69) is 162 Å². The van der Waals surface area contributed by atoms with Crippen LogP contribution in [0.2, 0.25) is 0 Å². The van der Waals surface area contributed by atoms with E-state index in [4.69, 9.17) is 0 Å². The smallest absolute Gasteiger partial charge is 0.225 e. The van der Waals surface area contributed by atoms with E-state index in [1.54, 1.807) is 0 Å². The Morgan fingerprint density at radius 3 is 2.17 bits per heavy atom. The van der Waals surface area contributed by atoms with E-state index in [0.29, 0.717) is 6.04 Å². The van der Waals surface area contributed by atoms with Crippen LogP contribution in [0.3, 0.4) is 0 Å². The van der Waals surface area contributed by atoms with Gasteiger partial charge in [-0.2, -0.15) is 9.13 Å². The summed E-state index contributed by atoms with van der Waals surface area (Å²) in [6, 6.07) is 44.7. The molecule has 0 N–H and O–H groups in total. The molecule has 0 aliphatic carbocycles. The van der Waals surface area contributed by atoms with E-state index in [-0.39, 0.29) is 5.41 Å². The average Bonchev–Trinajstić information content (AvgIpc) is 3.36. The first-order chi connectivity index (χ1) is 20.7. The molecule has 6 aromatic rings. The fourth-order valence-corrected chi connectivity index (χ4v) is 7.76. The zero-order valence-corrected chi connectivity index (χ0v) is 24.9. The van der Waals surface area contributed by atoms with E-state index < -0.39 is 0 Å². The molecule has 0 saturated carbocycles. The Morgan fingerprint density at radius 1 is 0.690 bits per heavy atom. The molecule has 0 amide bonds. The minimum absolute atomic E-state index is 0.0914. The number of nitrogens with zero attached hydrogens (tertiary/aromatic N) is 3. The van der Waals surface area contributed by atoms with Crippen LogP contribution in [0, 0.1) is 0 Å². The van der Waals surface area contributed by atoms with Crippen LogP contribution in [0.1, 0.15) is 50.3 Å². The van der Waals surface area contributed by atoms with Crippen LogP contribution in [0.5, 0.6) is 0 Å². The largest absolute Gasteiger partial charge is 0.295 e. The molecular formula is C39H39N3+2. The Bertz CT molecular complexity index is 1880. The second kappa shape index (κ2) is 10.7. The molecule has 0 fully saturated rings. The van der Waals surface area contributed by atoms with Crippen LogP contribution >= 0.6 is 0 Å². The van der Waals surface area contributed by atoms with Crippen molar-refractivity contribution in [2.45, 2.75) is 51.0 Å². The highest BCUT2D eigenvalue weighted by molar-refractivity contribution is 5.79. The molecule has 3 heteroatoms. The Hall–Kier alpha value is -4.50. The van der Waals surface area contributed by atoms with E-state index >= 15 is 0 Å². The van der Waals surface area contributed by atoms with Gasteiger partial charge in [0, 0.05) is 18.6 Å². The predicted molar refractivity (Wildman–Crippen MR) is 172 cm³/mol. The number of imidazole rings is 1. The van der Waals surface area contributed by atoms with E-state index in [9.17, 15) is 0 Å². The number of hydrogen-bond donors (Lipinski definition) is 0. The zero-order chi connectivity index (χ0) is 28.7. The minimum atomic E-state index is 0.0914. The van der Waals surface area contributed by atoms with Gasteiger partial charge >= 0.3 is 0 Å². The van der Waals surface area contributed by atoms with Crippen molar-refractivity contribution in [2.24, 2.45) is 7.05 Å². The van der Waals surface area contributed by atoms with E-state index in [1.807, 2.05) is 0 Å². The highest BCUT2D eigenvalue weighted by Gasteiger charge is 2.49. The standard InChI is InChI=1S/C39H39N3/c1-4-39(5-2)33-22-12-11-21-32(33)34-23-15-16-28-41(34)37(39)27-26-29-17-9-10-20-31(29)38-40(3)35-24-13-14-25-36(35)42(38)30-18-7-6-8-19-30/h6-25,28,37H,4-5,26-27H2,1-3H3/q+2.